The van der Waals surface area contributed by atoms with Crippen LogP contribution in [0.3, 0.4) is 0 Å². The quantitative estimate of drug-likeness (QED) is 0.657. The summed E-state index contributed by atoms with van der Waals surface area (Å²) in [5.41, 5.74) is 0.579. The minimum Gasteiger partial charge on any atom is -0.487 e. The molecule has 0 amide bonds. The molecule has 1 atom stereocenters. The van der Waals surface area contributed by atoms with Crippen molar-refractivity contribution in [3.8, 4) is 5.75 Å². The van der Waals surface area contributed by atoms with Crippen molar-refractivity contribution in [2.45, 2.75) is 32.0 Å². The van der Waals surface area contributed by atoms with E-state index in [1.165, 1.54) is 0 Å². The first kappa shape index (κ1) is 8.57. The van der Waals surface area contributed by atoms with E-state index in [2.05, 4.69) is 6.07 Å². The number of aliphatic hydroxyl groups excluding tert-OH is 1. The first-order chi connectivity index (χ1) is 6.08. The van der Waals surface area contributed by atoms with E-state index in [9.17, 15) is 5.11 Å². The number of aliphatic hydroxyl groups is 1. The number of ether oxygens (including phenoxy) is 1. The van der Waals surface area contributed by atoms with E-state index in [4.69, 9.17) is 4.74 Å². The van der Waals surface area contributed by atoms with Crippen molar-refractivity contribution in [2.24, 2.45) is 0 Å². The van der Waals surface area contributed by atoms with Crippen LogP contribution in [0, 0.1) is 6.07 Å². The largest absolute Gasteiger partial charge is 0.487 e. The van der Waals surface area contributed by atoms with Crippen LogP contribution in [0.5, 0.6) is 5.75 Å². The Kier molecular flexibility index (Phi) is 1.81. The van der Waals surface area contributed by atoms with Gasteiger partial charge in [-0.1, -0.05) is 6.07 Å². The van der Waals surface area contributed by atoms with Gasteiger partial charge in [-0.25, -0.2) is 0 Å². The molecule has 0 aromatic heterocycles. The molecule has 13 heavy (non-hydrogen) atoms. The number of hydrogen-bond donors (Lipinski definition) is 1. The fraction of sp³-hybridized carbons (Fsp3) is 0.455. The Balaban J connectivity index is 2.43. The monoisotopic (exact) mass is 177 g/mol. The highest BCUT2D eigenvalue weighted by Crippen LogP contribution is 2.38. The third-order valence-electron chi connectivity index (χ3n) is 2.28. The van der Waals surface area contributed by atoms with E-state index in [0.29, 0.717) is 6.42 Å². The highest BCUT2D eigenvalue weighted by molar-refractivity contribution is 5.37. The molecule has 1 aliphatic heterocycles. The van der Waals surface area contributed by atoms with E-state index in [1.54, 1.807) is 12.1 Å². The molecule has 0 spiro atoms. The zero-order valence-corrected chi connectivity index (χ0v) is 7.87. The van der Waals surface area contributed by atoms with Gasteiger partial charge in [0.15, 0.2) is 0 Å². The third-order valence-corrected chi connectivity index (χ3v) is 2.28. The molecule has 2 rings (SSSR count). The summed E-state index contributed by atoms with van der Waals surface area (Å²) in [5.74, 6) is 0.780. The summed E-state index contributed by atoms with van der Waals surface area (Å²) < 4.78 is 5.71. The summed E-state index contributed by atoms with van der Waals surface area (Å²) in [4.78, 5) is 0. The van der Waals surface area contributed by atoms with Gasteiger partial charge in [-0.2, -0.15) is 0 Å². The number of benzene rings is 1. The normalized spacial score (nSPS) is 24.7. The summed E-state index contributed by atoms with van der Waals surface area (Å²) >= 11 is 0. The maximum Gasteiger partial charge on any atom is 0.125 e. The molecule has 69 valence electrons. The van der Waals surface area contributed by atoms with Crippen molar-refractivity contribution in [2.75, 3.05) is 0 Å². The Labute approximate surface area is 78.2 Å². The summed E-state index contributed by atoms with van der Waals surface area (Å²) in [7, 11) is 0. The topological polar surface area (TPSA) is 29.5 Å². The van der Waals surface area contributed by atoms with Gasteiger partial charge in [0.2, 0.25) is 0 Å². The molecule has 1 aliphatic rings. The molecule has 2 nitrogen and oxygen atoms in total. The molecule has 1 heterocycles. The van der Waals surface area contributed by atoms with E-state index >= 15 is 0 Å². The van der Waals surface area contributed by atoms with Gasteiger partial charge in [0, 0.05) is 12.0 Å². The maximum absolute atomic E-state index is 9.80. The van der Waals surface area contributed by atoms with Crippen molar-refractivity contribution >= 4 is 0 Å². The minimum atomic E-state index is -0.420. The first-order valence-electron chi connectivity index (χ1n) is 4.45. The van der Waals surface area contributed by atoms with Gasteiger partial charge in [-0.05, 0) is 32.0 Å². The third kappa shape index (κ3) is 1.54. The van der Waals surface area contributed by atoms with Crippen molar-refractivity contribution < 1.29 is 9.84 Å². The maximum atomic E-state index is 9.80. The van der Waals surface area contributed by atoms with Crippen LogP contribution < -0.4 is 4.74 Å². The van der Waals surface area contributed by atoms with Crippen LogP contribution in [0.25, 0.3) is 0 Å². The van der Waals surface area contributed by atoms with E-state index in [0.717, 1.165) is 11.3 Å². The summed E-state index contributed by atoms with van der Waals surface area (Å²) in [6, 6.07) is 8.37. The van der Waals surface area contributed by atoms with Crippen LogP contribution in [-0.2, 0) is 0 Å². The molecule has 0 bridgehead atoms. The highest BCUT2D eigenvalue weighted by atomic mass is 16.5. The number of hydrogen-bond acceptors (Lipinski definition) is 2. The molecule has 0 saturated heterocycles. The molecular formula is C11H13O2. The Morgan fingerprint density at radius 3 is 3.15 bits per heavy atom. The standard InChI is InChI=1S/C11H13O2/c1-11(2)7-9(12)8-5-3-4-6-10(8)13-11/h4-6,9,12H,7H2,1-2H3. The molecule has 1 N–H and O–H groups in total. The van der Waals surface area contributed by atoms with Gasteiger partial charge in [-0.3, -0.25) is 0 Å². The highest BCUT2D eigenvalue weighted by Gasteiger charge is 2.32. The molecule has 1 unspecified atom stereocenters. The SMILES string of the molecule is CC1(C)CC(O)c2c[c]ccc2O1. The summed E-state index contributed by atoms with van der Waals surface area (Å²) in [5, 5.41) is 9.80. The second kappa shape index (κ2) is 2.74. The van der Waals surface area contributed by atoms with Crippen molar-refractivity contribution in [3.05, 3.63) is 29.8 Å². The lowest BCUT2D eigenvalue weighted by atomic mass is 9.92. The molecule has 1 radical (unpaired) electrons. The molecular weight excluding hydrogens is 164 g/mol. The van der Waals surface area contributed by atoms with Crippen LogP contribution in [0.2, 0.25) is 0 Å². The Morgan fingerprint density at radius 1 is 1.62 bits per heavy atom. The Bertz CT molecular complexity index is 318. The zero-order valence-electron chi connectivity index (χ0n) is 7.87. The molecule has 2 heteroatoms. The minimum absolute atomic E-state index is 0.270. The average Bonchev–Trinajstić information content (AvgIpc) is 2.02. The van der Waals surface area contributed by atoms with Crippen LogP contribution in [0.15, 0.2) is 18.2 Å². The predicted molar refractivity (Wildman–Crippen MR) is 49.6 cm³/mol. The number of fused-ring (bicyclic) bond motifs is 1. The lowest BCUT2D eigenvalue weighted by Gasteiger charge is -2.35. The van der Waals surface area contributed by atoms with E-state index in [1.807, 2.05) is 19.9 Å². The van der Waals surface area contributed by atoms with E-state index < -0.39 is 6.10 Å². The second-order valence-electron chi connectivity index (χ2n) is 4.05. The fourth-order valence-electron chi connectivity index (χ4n) is 1.70. The Morgan fingerprint density at radius 2 is 2.38 bits per heavy atom. The molecule has 1 aromatic carbocycles. The van der Waals surface area contributed by atoms with Crippen molar-refractivity contribution in [3.63, 3.8) is 0 Å². The molecule has 0 aliphatic carbocycles. The summed E-state index contributed by atoms with van der Waals surface area (Å²) in [6.07, 6.45) is 0.217. The second-order valence-corrected chi connectivity index (χ2v) is 4.05. The lowest BCUT2D eigenvalue weighted by Crippen LogP contribution is -2.34. The summed E-state index contributed by atoms with van der Waals surface area (Å²) in [6.45, 7) is 3.96. The van der Waals surface area contributed by atoms with Crippen LogP contribution in [-0.4, -0.2) is 10.7 Å². The molecule has 0 saturated carbocycles. The van der Waals surface area contributed by atoms with Gasteiger partial charge in [0.25, 0.3) is 0 Å². The van der Waals surface area contributed by atoms with Gasteiger partial charge in [0.05, 0.1) is 6.10 Å². The first-order valence-corrected chi connectivity index (χ1v) is 4.45. The van der Waals surface area contributed by atoms with Gasteiger partial charge >= 0.3 is 0 Å². The van der Waals surface area contributed by atoms with Gasteiger partial charge in [0.1, 0.15) is 11.4 Å². The van der Waals surface area contributed by atoms with Crippen molar-refractivity contribution in [1.82, 2.24) is 0 Å². The Hall–Kier alpha value is -1.02. The zero-order chi connectivity index (χ0) is 9.47. The van der Waals surface area contributed by atoms with Crippen LogP contribution >= 0.6 is 0 Å². The molecule has 1 aromatic rings. The van der Waals surface area contributed by atoms with E-state index in [-0.39, 0.29) is 5.60 Å². The molecule has 0 fully saturated rings. The average molecular weight is 177 g/mol. The van der Waals surface area contributed by atoms with Crippen LogP contribution in [0.1, 0.15) is 31.9 Å². The smallest absolute Gasteiger partial charge is 0.125 e. The van der Waals surface area contributed by atoms with Gasteiger partial charge < -0.3 is 9.84 Å². The fourth-order valence-corrected chi connectivity index (χ4v) is 1.70. The lowest BCUT2D eigenvalue weighted by molar-refractivity contribution is 0.0115. The van der Waals surface area contributed by atoms with Crippen LogP contribution in [0.4, 0.5) is 0 Å². The van der Waals surface area contributed by atoms with Gasteiger partial charge in [-0.15, -0.1) is 0 Å². The predicted octanol–water partition coefficient (Wildman–Crippen LogP) is 2.08. The number of rotatable bonds is 0. The van der Waals surface area contributed by atoms with Crippen molar-refractivity contribution in [1.29, 1.82) is 0 Å².